The Morgan fingerprint density at radius 2 is 2.10 bits per heavy atom. The van der Waals surface area contributed by atoms with Crippen LogP contribution < -0.4 is 0 Å². The van der Waals surface area contributed by atoms with Crippen molar-refractivity contribution < 1.29 is 4.74 Å². The summed E-state index contributed by atoms with van der Waals surface area (Å²) in [5, 5.41) is 0. The largest absolute Gasteiger partial charge is 0.372 e. The van der Waals surface area contributed by atoms with Gasteiger partial charge in [-0.05, 0) is 32.9 Å². The summed E-state index contributed by atoms with van der Waals surface area (Å²) >= 11 is 2.00. The molecule has 1 aliphatic rings. The maximum absolute atomic E-state index is 5.78. The predicted octanol–water partition coefficient (Wildman–Crippen LogP) is 2.31. The highest BCUT2D eigenvalue weighted by Gasteiger charge is 2.21. The van der Waals surface area contributed by atoms with Crippen molar-refractivity contribution in [2.24, 2.45) is 0 Å². The summed E-state index contributed by atoms with van der Waals surface area (Å²) < 4.78 is 5.78. The van der Waals surface area contributed by atoms with Gasteiger partial charge in [0.15, 0.2) is 0 Å². The zero-order valence-corrected chi connectivity index (χ0v) is 7.83. The van der Waals surface area contributed by atoms with Crippen LogP contribution in [0.1, 0.15) is 27.2 Å². The molecule has 2 heteroatoms. The lowest BCUT2D eigenvalue weighted by molar-refractivity contribution is -0.0471. The Morgan fingerprint density at radius 1 is 1.40 bits per heavy atom. The van der Waals surface area contributed by atoms with E-state index in [0.29, 0.717) is 6.10 Å². The van der Waals surface area contributed by atoms with E-state index in [9.17, 15) is 0 Å². The van der Waals surface area contributed by atoms with Crippen molar-refractivity contribution in [3.05, 3.63) is 0 Å². The number of ether oxygens (including phenoxy) is 1. The first kappa shape index (κ1) is 8.41. The van der Waals surface area contributed by atoms with E-state index in [4.69, 9.17) is 4.74 Å². The zero-order chi connectivity index (χ0) is 7.61. The van der Waals surface area contributed by atoms with E-state index < -0.39 is 0 Å². The Hall–Kier alpha value is 0.310. The Labute approximate surface area is 67.5 Å². The fourth-order valence-electron chi connectivity index (χ4n) is 1.11. The molecule has 0 aliphatic carbocycles. The molecule has 1 aliphatic heterocycles. The van der Waals surface area contributed by atoms with Crippen molar-refractivity contribution in [3.63, 3.8) is 0 Å². The van der Waals surface area contributed by atoms with Crippen LogP contribution in [0.4, 0.5) is 0 Å². The summed E-state index contributed by atoms with van der Waals surface area (Å²) in [5.41, 5.74) is 0.0512. The lowest BCUT2D eigenvalue weighted by Gasteiger charge is -2.23. The fourth-order valence-corrected chi connectivity index (χ4v) is 2.20. The van der Waals surface area contributed by atoms with E-state index in [2.05, 4.69) is 20.8 Å². The summed E-state index contributed by atoms with van der Waals surface area (Å²) in [6.45, 7) is 6.36. The molecule has 1 heterocycles. The van der Waals surface area contributed by atoms with Gasteiger partial charge in [0.05, 0.1) is 11.7 Å². The van der Waals surface area contributed by atoms with Crippen LogP contribution in [-0.4, -0.2) is 23.2 Å². The van der Waals surface area contributed by atoms with Gasteiger partial charge in [-0.3, -0.25) is 0 Å². The topological polar surface area (TPSA) is 9.23 Å². The van der Waals surface area contributed by atoms with Crippen molar-refractivity contribution in [3.8, 4) is 0 Å². The van der Waals surface area contributed by atoms with Gasteiger partial charge in [-0.1, -0.05) is 0 Å². The number of hydrogen-bond acceptors (Lipinski definition) is 2. The molecule has 0 radical (unpaired) electrons. The van der Waals surface area contributed by atoms with Crippen LogP contribution in [0.5, 0.6) is 0 Å². The molecule has 1 nitrogen and oxygen atoms in total. The standard InChI is InChI=1S/C8H16OS/c1-8(2,3)9-7-4-5-10-6-7/h7H,4-6H2,1-3H3. The third-order valence-electron chi connectivity index (χ3n) is 1.41. The van der Waals surface area contributed by atoms with Gasteiger partial charge >= 0.3 is 0 Å². The van der Waals surface area contributed by atoms with E-state index in [-0.39, 0.29) is 5.60 Å². The minimum atomic E-state index is 0.0512. The monoisotopic (exact) mass is 160 g/mol. The predicted molar refractivity (Wildman–Crippen MR) is 46.6 cm³/mol. The van der Waals surface area contributed by atoms with Gasteiger partial charge < -0.3 is 4.74 Å². The third-order valence-corrected chi connectivity index (χ3v) is 2.54. The molecule has 60 valence electrons. The van der Waals surface area contributed by atoms with E-state index in [1.807, 2.05) is 11.8 Å². The molecule has 0 bridgehead atoms. The maximum atomic E-state index is 5.78. The zero-order valence-electron chi connectivity index (χ0n) is 7.02. The molecule has 1 rings (SSSR count). The average molecular weight is 160 g/mol. The molecule has 10 heavy (non-hydrogen) atoms. The van der Waals surface area contributed by atoms with Gasteiger partial charge in [0.25, 0.3) is 0 Å². The normalized spacial score (nSPS) is 27.3. The summed E-state index contributed by atoms with van der Waals surface area (Å²) in [7, 11) is 0. The molecule has 0 N–H and O–H groups in total. The Balaban J connectivity index is 2.24. The number of thioether (sulfide) groups is 1. The van der Waals surface area contributed by atoms with Crippen LogP contribution in [0, 0.1) is 0 Å². The molecule has 0 aromatic heterocycles. The molecule has 1 atom stereocenters. The van der Waals surface area contributed by atoms with Gasteiger partial charge in [-0.2, -0.15) is 11.8 Å². The van der Waals surface area contributed by atoms with E-state index in [0.717, 1.165) is 0 Å². The lowest BCUT2D eigenvalue weighted by Crippen LogP contribution is -2.26. The lowest BCUT2D eigenvalue weighted by atomic mass is 10.2. The molecule has 0 aromatic rings. The minimum absolute atomic E-state index is 0.0512. The highest BCUT2D eigenvalue weighted by molar-refractivity contribution is 7.99. The number of rotatable bonds is 1. The maximum Gasteiger partial charge on any atom is 0.0680 e. The SMILES string of the molecule is CC(C)(C)OC1CCSC1. The molecular weight excluding hydrogens is 144 g/mol. The summed E-state index contributed by atoms with van der Waals surface area (Å²) in [6, 6.07) is 0. The van der Waals surface area contributed by atoms with Crippen molar-refractivity contribution in [2.75, 3.05) is 11.5 Å². The average Bonchev–Trinajstić information content (AvgIpc) is 2.12. The van der Waals surface area contributed by atoms with Crippen LogP contribution >= 0.6 is 11.8 Å². The smallest absolute Gasteiger partial charge is 0.0680 e. The van der Waals surface area contributed by atoms with Crippen LogP contribution in [0.15, 0.2) is 0 Å². The minimum Gasteiger partial charge on any atom is -0.372 e. The first-order chi connectivity index (χ1) is 4.58. The second kappa shape index (κ2) is 3.14. The molecule has 0 aromatic carbocycles. The molecule has 1 saturated heterocycles. The fraction of sp³-hybridized carbons (Fsp3) is 1.00. The van der Waals surface area contributed by atoms with Gasteiger partial charge in [-0.25, -0.2) is 0 Å². The first-order valence-corrected chi connectivity index (χ1v) is 4.99. The summed E-state index contributed by atoms with van der Waals surface area (Å²) in [6.07, 6.45) is 1.76. The second-order valence-corrected chi connectivity index (χ2v) is 4.87. The van der Waals surface area contributed by atoms with Crippen molar-refractivity contribution >= 4 is 11.8 Å². The van der Waals surface area contributed by atoms with Crippen LogP contribution in [-0.2, 0) is 4.74 Å². The highest BCUT2D eigenvalue weighted by Crippen LogP contribution is 2.24. The molecule has 1 fully saturated rings. The van der Waals surface area contributed by atoms with Crippen LogP contribution in [0.2, 0.25) is 0 Å². The van der Waals surface area contributed by atoms with Crippen LogP contribution in [0.25, 0.3) is 0 Å². The first-order valence-electron chi connectivity index (χ1n) is 3.83. The second-order valence-electron chi connectivity index (χ2n) is 3.72. The number of hydrogen-bond donors (Lipinski definition) is 0. The third kappa shape index (κ3) is 2.93. The molecule has 0 spiro atoms. The van der Waals surface area contributed by atoms with E-state index in [1.165, 1.54) is 17.9 Å². The van der Waals surface area contributed by atoms with Gasteiger partial charge in [0, 0.05) is 5.75 Å². The molecule has 0 amide bonds. The van der Waals surface area contributed by atoms with Crippen molar-refractivity contribution in [2.45, 2.75) is 38.9 Å². The van der Waals surface area contributed by atoms with E-state index >= 15 is 0 Å². The van der Waals surface area contributed by atoms with E-state index in [1.54, 1.807) is 0 Å². The Bertz CT molecular complexity index is 100. The molecule has 0 saturated carbocycles. The highest BCUT2D eigenvalue weighted by atomic mass is 32.2. The van der Waals surface area contributed by atoms with Crippen LogP contribution in [0.3, 0.4) is 0 Å². The van der Waals surface area contributed by atoms with Crippen molar-refractivity contribution in [1.82, 2.24) is 0 Å². The Morgan fingerprint density at radius 3 is 2.50 bits per heavy atom. The van der Waals surface area contributed by atoms with Gasteiger partial charge in [-0.15, -0.1) is 0 Å². The molecular formula is C8H16OS. The Kier molecular flexibility index (Phi) is 2.64. The van der Waals surface area contributed by atoms with Crippen molar-refractivity contribution in [1.29, 1.82) is 0 Å². The summed E-state index contributed by atoms with van der Waals surface area (Å²) in [4.78, 5) is 0. The summed E-state index contributed by atoms with van der Waals surface area (Å²) in [5.74, 6) is 2.47. The van der Waals surface area contributed by atoms with Gasteiger partial charge in [0.1, 0.15) is 0 Å². The van der Waals surface area contributed by atoms with Gasteiger partial charge in [0.2, 0.25) is 0 Å². The quantitative estimate of drug-likeness (QED) is 0.582. The molecule has 1 unspecified atom stereocenters.